The summed E-state index contributed by atoms with van der Waals surface area (Å²) >= 11 is 12.1. The van der Waals surface area contributed by atoms with Gasteiger partial charge in [0, 0.05) is 18.2 Å². The second-order valence-electron chi connectivity index (χ2n) is 5.22. The van der Waals surface area contributed by atoms with E-state index >= 15 is 0 Å². The number of amides is 1. The summed E-state index contributed by atoms with van der Waals surface area (Å²) in [7, 11) is 2.10. The maximum atomic E-state index is 11.9. The minimum absolute atomic E-state index is 0.0808. The minimum atomic E-state index is -0.0808. The Bertz CT molecular complexity index is 480. The van der Waals surface area contributed by atoms with Crippen molar-refractivity contribution in [1.82, 2.24) is 4.90 Å². The molecule has 4 nitrogen and oxygen atoms in total. The van der Waals surface area contributed by atoms with Gasteiger partial charge in [-0.1, -0.05) is 23.2 Å². The first-order valence-electron chi connectivity index (χ1n) is 6.72. The van der Waals surface area contributed by atoms with Gasteiger partial charge in [-0.15, -0.1) is 0 Å². The molecule has 0 saturated heterocycles. The normalized spacial score (nSPS) is 14.6. The van der Waals surface area contributed by atoms with Crippen molar-refractivity contribution < 1.29 is 4.79 Å². The predicted octanol–water partition coefficient (Wildman–Crippen LogP) is 3.39. The molecule has 1 aromatic carbocycles. The molecule has 0 unspecified atom stereocenters. The van der Waals surface area contributed by atoms with Gasteiger partial charge in [-0.3, -0.25) is 4.79 Å². The maximum absolute atomic E-state index is 11.9. The van der Waals surface area contributed by atoms with E-state index in [0.29, 0.717) is 27.8 Å². The van der Waals surface area contributed by atoms with Crippen LogP contribution < -0.4 is 11.1 Å². The number of hydrogen-bond donors (Lipinski definition) is 2. The molecule has 2 rings (SSSR count). The number of carbonyl (C=O) groups is 1. The van der Waals surface area contributed by atoms with Crippen LogP contribution in [0.15, 0.2) is 12.1 Å². The van der Waals surface area contributed by atoms with E-state index in [1.165, 1.54) is 12.8 Å². The van der Waals surface area contributed by atoms with E-state index in [9.17, 15) is 4.79 Å². The standard InChI is InChI=1S/C14H19Cl2N3O/c1-19(10-4-5-10)6-2-3-13(20)18-14-11(15)7-9(17)8-12(14)16/h7-8,10H,2-6,17H2,1H3,(H,18,20). The number of nitrogens with two attached hydrogens (primary N) is 1. The van der Waals surface area contributed by atoms with Crippen LogP contribution in [0, 0.1) is 0 Å². The summed E-state index contributed by atoms with van der Waals surface area (Å²) in [5.74, 6) is -0.0808. The highest BCUT2D eigenvalue weighted by Crippen LogP contribution is 2.33. The van der Waals surface area contributed by atoms with Gasteiger partial charge in [-0.25, -0.2) is 0 Å². The summed E-state index contributed by atoms with van der Waals surface area (Å²) in [4.78, 5) is 14.2. The zero-order valence-electron chi connectivity index (χ0n) is 11.5. The van der Waals surface area contributed by atoms with Crippen LogP contribution >= 0.6 is 23.2 Å². The highest BCUT2D eigenvalue weighted by Gasteiger charge is 2.25. The zero-order chi connectivity index (χ0) is 14.7. The third kappa shape index (κ3) is 4.27. The van der Waals surface area contributed by atoms with Crippen LogP contribution in [0.25, 0.3) is 0 Å². The van der Waals surface area contributed by atoms with E-state index in [4.69, 9.17) is 28.9 Å². The van der Waals surface area contributed by atoms with Crippen molar-refractivity contribution in [1.29, 1.82) is 0 Å². The van der Waals surface area contributed by atoms with Gasteiger partial charge in [0.2, 0.25) is 5.91 Å². The fourth-order valence-electron chi connectivity index (χ4n) is 2.10. The fraction of sp³-hybridized carbons (Fsp3) is 0.500. The van der Waals surface area contributed by atoms with Crippen LogP contribution in [0.5, 0.6) is 0 Å². The fourth-order valence-corrected chi connectivity index (χ4v) is 2.70. The van der Waals surface area contributed by atoms with E-state index in [-0.39, 0.29) is 5.91 Å². The molecular formula is C14H19Cl2N3O. The third-order valence-electron chi connectivity index (χ3n) is 3.41. The van der Waals surface area contributed by atoms with E-state index in [1.807, 2.05) is 0 Å². The van der Waals surface area contributed by atoms with Gasteiger partial charge in [0.25, 0.3) is 0 Å². The topological polar surface area (TPSA) is 58.4 Å². The molecule has 3 N–H and O–H groups in total. The number of carbonyl (C=O) groups excluding carboxylic acids is 1. The average Bonchev–Trinajstić information content (AvgIpc) is 3.17. The molecule has 0 bridgehead atoms. The van der Waals surface area contributed by atoms with Gasteiger partial charge in [-0.05, 0) is 45.0 Å². The zero-order valence-corrected chi connectivity index (χ0v) is 13.0. The van der Waals surface area contributed by atoms with Crippen LogP contribution in [-0.2, 0) is 4.79 Å². The number of anilines is 2. The van der Waals surface area contributed by atoms with Gasteiger partial charge in [0.15, 0.2) is 0 Å². The van der Waals surface area contributed by atoms with Crippen molar-refractivity contribution in [2.24, 2.45) is 0 Å². The van der Waals surface area contributed by atoms with Gasteiger partial charge < -0.3 is 16.0 Å². The van der Waals surface area contributed by atoms with Crippen molar-refractivity contribution >= 4 is 40.5 Å². The monoisotopic (exact) mass is 315 g/mol. The molecular weight excluding hydrogens is 297 g/mol. The number of halogens is 2. The molecule has 1 fully saturated rings. The Morgan fingerprint density at radius 3 is 2.55 bits per heavy atom. The summed E-state index contributed by atoms with van der Waals surface area (Å²) in [6.45, 7) is 0.932. The minimum Gasteiger partial charge on any atom is -0.399 e. The molecule has 20 heavy (non-hydrogen) atoms. The molecule has 0 aliphatic heterocycles. The van der Waals surface area contributed by atoms with Crippen LogP contribution in [0.2, 0.25) is 10.0 Å². The molecule has 110 valence electrons. The number of rotatable bonds is 6. The molecule has 0 aromatic heterocycles. The van der Waals surface area contributed by atoms with Crippen molar-refractivity contribution in [3.05, 3.63) is 22.2 Å². The van der Waals surface area contributed by atoms with Crippen LogP contribution in [0.1, 0.15) is 25.7 Å². The molecule has 0 radical (unpaired) electrons. The lowest BCUT2D eigenvalue weighted by Crippen LogP contribution is -2.23. The predicted molar refractivity (Wildman–Crippen MR) is 84.4 cm³/mol. The lowest BCUT2D eigenvalue weighted by molar-refractivity contribution is -0.116. The Balaban J connectivity index is 1.82. The Hall–Kier alpha value is -0.970. The van der Waals surface area contributed by atoms with E-state index in [1.54, 1.807) is 12.1 Å². The summed E-state index contributed by atoms with van der Waals surface area (Å²) in [5.41, 5.74) is 6.53. The molecule has 1 aliphatic rings. The first kappa shape index (κ1) is 15.4. The Labute approximate surface area is 129 Å². The Morgan fingerprint density at radius 2 is 2.00 bits per heavy atom. The molecule has 1 amide bonds. The summed E-state index contributed by atoms with van der Waals surface area (Å²) in [6, 6.07) is 3.87. The highest BCUT2D eigenvalue weighted by atomic mass is 35.5. The third-order valence-corrected chi connectivity index (χ3v) is 4.01. The largest absolute Gasteiger partial charge is 0.399 e. The van der Waals surface area contributed by atoms with Crippen molar-refractivity contribution in [3.63, 3.8) is 0 Å². The van der Waals surface area contributed by atoms with E-state index in [0.717, 1.165) is 19.0 Å². The van der Waals surface area contributed by atoms with E-state index < -0.39 is 0 Å². The maximum Gasteiger partial charge on any atom is 0.224 e. The average molecular weight is 316 g/mol. The van der Waals surface area contributed by atoms with Crippen molar-refractivity contribution in [2.45, 2.75) is 31.7 Å². The Kier molecular flexibility index (Phi) is 5.13. The molecule has 1 aromatic rings. The first-order chi connectivity index (χ1) is 9.47. The van der Waals surface area contributed by atoms with Crippen LogP contribution in [0.4, 0.5) is 11.4 Å². The molecule has 0 heterocycles. The number of nitrogens with zero attached hydrogens (tertiary/aromatic N) is 1. The lowest BCUT2D eigenvalue weighted by Gasteiger charge is -2.15. The number of hydrogen-bond acceptors (Lipinski definition) is 3. The Morgan fingerprint density at radius 1 is 1.40 bits per heavy atom. The molecule has 6 heteroatoms. The SMILES string of the molecule is CN(CCCC(=O)Nc1c(Cl)cc(N)cc1Cl)C1CC1. The first-order valence-corrected chi connectivity index (χ1v) is 7.47. The second-order valence-corrected chi connectivity index (χ2v) is 6.04. The summed E-state index contributed by atoms with van der Waals surface area (Å²) in [6.07, 6.45) is 3.83. The van der Waals surface area contributed by atoms with Crippen molar-refractivity contribution in [3.8, 4) is 0 Å². The van der Waals surface area contributed by atoms with Gasteiger partial charge >= 0.3 is 0 Å². The van der Waals surface area contributed by atoms with Gasteiger partial charge in [-0.2, -0.15) is 0 Å². The van der Waals surface area contributed by atoms with Gasteiger partial charge in [0.05, 0.1) is 15.7 Å². The van der Waals surface area contributed by atoms with Crippen molar-refractivity contribution in [2.75, 3.05) is 24.6 Å². The summed E-state index contributed by atoms with van der Waals surface area (Å²) in [5, 5.41) is 3.47. The smallest absolute Gasteiger partial charge is 0.224 e. The molecule has 0 atom stereocenters. The summed E-state index contributed by atoms with van der Waals surface area (Å²) < 4.78 is 0. The quantitative estimate of drug-likeness (QED) is 0.791. The lowest BCUT2D eigenvalue weighted by atomic mass is 10.2. The van der Waals surface area contributed by atoms with Gasteiger partial charge in [0.1, 0.15) is 0 Å². The van der Waals surface area contributed by atoms with E-state index in [2.05, 4.69) is 17.3 Å². The molecule has 1 aliphatic carbocycles. The molecule has 1 saturated carbocycles. The molecule has 0 spiro atoms. The number of nitrogens with one attached hydrogen (secondary N) is 1. The highest BCUT2D eigenvalue weighted by molar-refractivity contribution is 6.40. The number of benzene rings is 1. The second kappa shape index (κ2) is 6.66. The van der Waals surface area contributed by atoms with Crippen LogP contribution in [0.3, 0.4) is 0 Å². The van der Waals surface area contributed by atoms with Crippen LogP contribution in [-0.4, -0.2) is 30.4 Å². The number of nitrogen functional groups attached to an aromatic ring is 1.